The lowest BCUT2D eigenvalue weighted by atomic mass is 10.0. The van der Waals surface area contributed by atoms with Gasteiger partial charge in [-0.15, -0.1) is 0 Å². The standard InChI is InChI=1S/C10H14INO2/c1-4-14-10(13)8-5-12-7(3)6(2)9(8)11/h5,7,12H,4H2,1-3H3. The van der Waals surface area contributed by atoms with Gasteiger partial charge < -0.3 is 10.1 Å². The van der Waals surface area contributed by atoms with Crippen molar-refractivity contribution in [2.45, 2.75) is 26.8 Å². The Morgan fingerprint density at radius 2 is 2.36 bits per heavy atom. The quantitative estimate of drug-likeness (QED) is 0.627. The smallest absolute Gasteiger partial charge is 0.340 e. The van der Waals surface area contributed by atoms with E-state index in [4.69, 9.17) is 4.74 Å². The first-order valence-electron chi connectivity index (χ1n) is 4.58. The molecule has 1 aliphatic rings. The zero-order chi connectivity index (χ0) is 10.7. The summed E-state index contributed by atoms with van der Waals surface area (Å²) < 4.78 is 5.94. The van der Waals surface area contributed by atoms with Crippen LogP contribution in [0.3, 0.4) is 0 Å². The van der Waals surface area contributed by atoms with Gasteiger partial charge in [-0.05, 0) is 48.9 Å². The highest BCUT2D eigenvalue weighted by Crippen LogP contribution is 2.27. The van der Waals surface area contributed by atoms with Crippen LogP contribution in [0.4, 0.5) is 0 Å². The summed E-state index contributed by atoms with van der Waals surface area (Å²) in [4.78, 5) is 11.5. The zero-order valence-corrected chi connectivity index (χ0v) is 10.7. The molecular weight excluding hydrogens is 293 g/mol. The summed E-state index contributed by atoms with van der Waals surface area (Å²) in [6.45, 7) is 6.30. The Kier molecular flexibility index (Phi) is 3.97. The van der Waals surface area contributed by atoms with Gasteiger partial charge in [0.2, 0.25) is 0 Å². The van der Waals surface area contributed by atoms with E-state index in [0.717, 1.165) is 3.58 Å². The van der Waals surface area contributed by atoms with Gasteiger partial charge in [0.15, 0.2) is 0 Å². The Hall–Kier alpha value is -0.520. The second-order valence-electron chi connectivity index (χ2n) is 3.16. The van der Waals surface area contributed by atoms with E-state index in [1.165, 1.54) is 5.57 Å². The van der Waals surface area contributed by atoms with Crippen molar-refractivity contribution in [2.24, 2.45) is 0 Å². The average Bonchev–Trinajstić information content (AvgIpc) is 2.15. The first-order valence-corrected chi connectivity index (χ1v) is 5.65. The molecule has 78 valence electrons. The van der Waals surface area contributed by atoms with E-state index >= 15 is 0 Å². The Labute approximate surface area is 97.7 Å². The molecule has 1 N–H and O–H groups in total. The van der Waals surface area contributed by atoms with Gasteiger partial charge in [-0.3, -0.25) is 0 Å². The number of halogens is 1. The lowest BCUT2D eigenvalue weighted by molar-refractivity contribution is -0.138. The Morgan fingerprint density at radius 1 is 1.71 bits per heavy atom. The third-order valence-corrected chi connectivity index (χ3v) is 3.64. The molecule has 1 unspecified atom stereocenters. The maximum Gasteiger partial charge on any atom is 0.340 e. The molecule has 0 aromatic heterocycles. The molecule has 0 aromatic carbocycles. The van der Waals surface area contributed by atoms with Gasteiger partial charge in [0.05, 0.1) is 12.2 Å². The molecule has 0 fully saturated rings. The minimum Gasteiger partial charge on any atom is -0.462 e. The number of rotatable bonds is 2. The molecule has 1 rings (SSSR count). The predicted molar refractivity (Wildman–Crippen MR) is 64.0 cm³/mol. The average molecular weight is 307 g/mol. The zero-order valence-electron chi connectivity index (χ0n) is 8.56. The molecule has 1 atom stereocenters. The Morgan fingerprint density at radius 3 is 2.93 bits per heavy atom. The van der Waals surface area contributed by atoms with E-state index in [0.29, 0.717) is 18.2 Å². The first kappa shape index (κ1) is 11.6. The summed E-state index contributed by atoms with van der Waals surface area (Å²) in [5, 5.41) is 3.13. The minimum absolute atomic E-state index is 0.254. The van der Waals surface area contributed by atoms with Crippen LogP contribution in [0.25, 0.3) is 0 Å². The van der Waals surface area contributed by atoms with Gasteiger partial charge in [0, 0.05) is 15.8 Å². The molecule has 4 heteroatoms. The number of ether oxygens (including phenoxy) is 1. The van der Waals surface area contributed by atoms with Crippen LogP contribution in [-0.4, -0.2) is 18.6 Å². The van der Waals surface area contributed by atoms with E-state index in [1.54, 1.807) is 13.1 Å². The van der Waals surface area contributed by atoms with Crippen LogP contribution in [0, 0.1) is 0 Å². The summed E-state index contributed by atoms with van der Waals surface area (Å²) in [5.74, 6) is -0.254. The highest BCUT2D eigenvalue weighted by atomic mass is 127. The number of carbonyl (C=O) groups is 1. The van der Waals surface area contributed by atoms with Crippen LogP contribution in [0.2, 0.25) is 0 Å². The van der Waals surface area contributed by atoms with Crippen molar-refractivity contribution in [3.05, 3.63) is 20.9 Å². The largest absolute Gasteiger partial charge is 0.462 e. The molecule has 0 amide bonds. The van der Waals surface area contributed by atoms with Crippen LogP contribution >= 0.6 is 22.6 Å². The number of hydrogen-bond donors (Lipinski definition) is 1. The molecule has 0 aromatic rings. The first-order chi connectivity index (χ1) is 6.57. The highest BCUT2D eigenvalue weighted by Gasteiger charge is 2.21. The van der Waals surface area contributed by atoms with Crippen LogP contribution in [0.15, 0.2) is 20.9 Å². The molecule has 1 aliphatic heterocycles. The van der Waals surface area contributed by atoms with Crippen molar-refractivity contribution < 1.29 is 9.53 Å². The van der Waals surface area contributed by atoms with E-state index in [-0.39, 0.29) is 5.97 Å². The molecular formula is C10H14INO2. The molecule has 0 saturated heterocycles. The Balaban J connectivity index is 2.87. The summed E-state index contributed by atoms with van der Waals surface area (Å²) >= 11 is 2.19. The fourth-order valence-corrected chi connectivity index (χ4v) is 2.00. The van der Waals surface area contributed by atoms with Gasteiger partial charge in [-0.2, -0.15) is 0 Å². The van der Waals surface area contributed by atoms with E-state index in [2.05, 4.69) is 34.8 Å². The number of hydrogen-bond acceptors (Lipinski definition) is 3. The predicted octanol–water partition coefficient (Wildman–Crippen LogP) is 2.13. The molecule has 0 bridgehead atoms. The van der Waals surface area contributed by atoms with Crippen LogP contribution < -0.4 is 5.32 Å². The molecule has 3 nitrogen and oxygen atoms in total. The molecule has 14 heavy (non-hydrogen) atoms. The maximum absolute atomic E-state index is 11.5. The summed E-state index contributed by atoms with van der Waals surface area (Å²) in [6, 6.07) is 0.292. The summed E-state index contributed by atoms with van der Waals surface area (Å²) in [6.07, 6.45) is 1.73. The van der Waals surface area contributed by atoms with Crippen molar-refractivity contribution in [2.75, 3.05) is 6.61 Å². The highest BCUT2D eigenvalue weighted by molar-refractivity contribution is 14.1. The lowest BCUT2D eigenvalue weighted by Crippen LogP contribution is -2.28. The monoisotopic (exact) mass is 307 g/mol. The molecule has 0 radical (unpaired) electrons. The van der Waals surface area contributed by atoms with Gasteiger partial charge >= 0.3 is 5.97 Å². The van der Waals surface area contributed by atoms with Gasteiger partial charge in [0.1, 0.15) is 0 Å². The van der Waals surface area contributed by atoms with Crippen molar-refractivity contribution in [1.82, 2.24) is 5.32 Å². The number of esters is 1. The maximum atomic E-state index is 11.5. The van der Waals surface area contributed by atoms with Crippen molar-refractivity contribution >= 4 is 28.6 Å². The topological polar surface area (TPSA) is 38.3 Å². The Bertz CT molecular complexity index is 307. The van der Waals surface area contributed by atoms with Crippen molar-refractivity contribution in [3.63, 3.8) is 0 Å². The third-order valence-electron chi connectivity index (χ3n) is 2.21. The van der Waals surface area contributed by atoms with E-state index in [9.17, 15) is 4.79 Å². The van der Waals surface area contributed by atoms with E-state index < -0.39 is 0 Å². The number of nitrogens with one attached hydrogen (secondary N) is 1. The van der Waals surface area contributed by atoms with Crippen molar-refractivity contribution in [3.8, 4) is 0 Å². The molecule has 0 saturated carbocycles. The lowest BCUT2D eigenvalue weighted by Gasteiger charge is -2.21. The summed E-state index contributed by atoms with van der Waals surface area (Å²) in [5.41, 5.74) is 1.80. The van der Waals surface area contributed by atoms with Crippen LogP contribution in [0.5, 0.6) is 0 Å². The second-order valence-corrected chi connectivity index (χ2v) is 4.24. The van der Waals surface area contributed by atoms with E-state index in [1.807, 2.05) is 6.92 Å². The van der Waals surface area contributed by atoms with Gasteiger partial charge in [-0.1, -0.05) is 0 Å². The number of carbonyl (C=O) groups excluding carboxylic acids is 1. The molecule has 0 aliphatic carbocycles. The third kappa shape index (κ3) is 2.29. The van der Waals surface area contributed by atoms with Crippen LogP contribution in [-0.2, 0) is 9.53 Å². The summed E-state index contributed by atoms with van der Waals surface area (Å²) in [7, 11) is 0. The minimum atomic E-state index is -0.254. The fourth-order valence-electron chi connectivity index (χ4n) is 1.16. The molecule has 0 spiro atoms. The fraction of sp³-hybridized carbons (Fsp3) is 0.500. The van der Waals surface area contributed by atoms with Gasteiger partial charge in [-0.25, -0.2) is 4.79 Å². The molecule has 1 heterocycles. The van der Waals surface area contributed by atoms with Crippen LogP contribution in [0.1, 0.15) is 20.8 Å². The normalized spacial score (nSPS) is 21.4. The van der Waals surface area contributed by atoms with Gasteiger partial charge in [0.25, 0.3) is 0 Å². The SMILES string of the molecule is CCOC(=O)C1=CNC(C)C(C)=C1I. The number of dihydropyridines is 1. The van der Waals surface area contributed by atoms with Crippen molar-refractivity contribution in [1.29, 1.82) is 0 Å². The second kappa shape index (κ2) is 4.82.